The average molecular weight is 749 g/mol. The number of hydrogen-bond donors (Lipinski definition) is 1. The molecule has 57 heavy (non-hydrogen) atoms. The van der Waals surface area contributed by atoms with E-state index in [1.165, 1.54) is 0 Å². The molecular formula is C49H44N6O2. The molecule has 0 spiro atoms. The highest BCUT2D eigenvalue weighted by atomic mass is 16.3. The molecule has 6 aromatic carbocycles. The van der Waals surface area contributed by atoms with Gasteiger partial charge < -0.3 is 5.11 Å². The fourth-order valence-electron chi connectivity index (χ4n) is 7.97. The summed E-state index contributed by atoms with van der Waals surface area (Å²) in [5, 5.41) is 23.5. The lowest BCUT2D eigenvalue weighted by Crippen LogP contribution is -2.39. The maximum Gasteiger partial charge on any atom is 0.257 e. The van der Waals surface area contributed by atoms with E-state index in [1.54, 1.807) is 0 Å². The number of nitrogens with zero attached hydrogens (tertiary/aromatic N) is 6. The van der Waals surface area contributed by atoms with Gasteiger partial charge in [0.05, 0.1) is 13.2 Å². The summed E-state index contributed by atoms with van der Waals surface area (Å²) in [7, 11) is 0. The van der Waals surface area contributed by atoms with Gasteiger partial charge in [0.15, 0.2) is 5.82 Å². The number of hydrogen-bond acceptors (Lipinski definition) is 6. The molecule has 8 nitrogen and oxygen atoms in total. The van der Waals surface area contributed by atoms with Crippen LogP contribution in [-0.4, -0.2) is 34.9 Å². The zero-order chi connectivity index (χ0) is 39.2. The Kier molecular flexibility index (Phi) is 10.8. The van der Waals surface area contributed by atoms with Gasteiger partial charge in [-0.25, -0.2) is 9.67 Å². The molecule has 0 unspecified atom stereocenters. The average Bonchev–Trinajstić information content (AvgIpc) is 3.76. The minimum absolute atomic E-state index is 0.0275. The molecule has 0 bridgehead atoms. The van der Waals surface area contributed by atoms with Crippen molar-refractivity contribution in [2.24, 2.45) is 0 Å². The molecule has 1 N–H and O–H groups in total. The summed E-state index contributed by atoms with van der Waals surface area (Å²) in [6, 6.07) is 55.6. The van der Waals surface area contributed by atoms with Crippen LogP contribution in [0.3, 0.4) is 0 Å². The van der Waals surface area contributed by atoms with Crippen molar-refractivity contribution in [2.75, 3.05) is 0 Å². The summed E-state index contributed by atoms with van der Waals surface area (Å²) in [4.78, 5) is 19.1. The van der Waals surface area contributed by atoms with Gasteiger partial charge >= 0.3 is 0 Å². The van der Waals surface area contributed by atoms with Crippen molar-refractivity contribution in [2.45, 2.75) is 51.8 Å². The van der Waals surface area contributed by atoms with E-state index in [4.69, 9.17) is 15.3 Å². The normalized spacial score (nSPS) is 11.5. The third-order valence-corrected chi connectivity index (χ3v) is 10.7. The second kappa shape index (κ2) is 16.5. The highest BCUT2D eigenvalue weighted by Crippen LogP contribution is 2.43. The number of rotatable bonds is 13. The highest BCUT2D eigenvalue weighted by molar-refractivity contribution is 5.81. The Bertz CT molecular complexity index is 2560. The van der Waals surface area contributed by atoms with Crippen molar-refractivity contribution in [3.8, 4) is 22.5 Å². The Morgan fingerprint density at radius 1 is 0.649 bits per heavy atom. The molecule has 0 atom stereocenters. The van der Waals surface area contributed by atoms with Gasteiger partial charge in [0, 0.05) is 29.7 Å². The Labute approximate surface area is 332 Å². The molecule has 0 aliphatic carbocycles. The molecule has 0 aliphatic heterocycles. The number of aryl methyl sites for hydroxylation is 2. The molecule has 2 heterocycles. The van der Waals surface area contributed by atoms with E-state index < -0.39 is 5.54 Å². The van der Waals surface area contributed by atoms with Gasteiger partial charge in [-0.2, -0.15) is 0 Å². The zero-order valence-electron chi connectivity index (χ0n) is 32.2. The largest absolute Gasteiger partial charge is 0.392 e. The topological polar surface area (TPSA) is 98.7 Å². The van der Waals surface area contributed by atoms with Crippen LogP contribution in [0.1, 0.15) is 63.8 Å². The molecule has 8 rings (SSSR count). The number of aliphatic hydroxyl groups is 1. The molecule has 0 saturated heterocycles. The lowest BCUT2D eigenvalue weighted by molar-refractivity contribution is 0.281. The van der Waals surface area contributed by atoms with Gasteiger partial charge in [-0.15, -0.1) is 5.10 Å². The maximum absolute atomic E-state index is 14.2. The van der Waals surface area contributed by atoms with Gasteiger partial charge in [-0.1, -0.05) is 171 Å². The van der Waals surface area contributed by atoms with Crippen LogP contribution < -0.4 is 5.56 Å². The smallest absolute Gasteiger partial charge is 0.257 e. The van der Waals surface area contributed by atoms with Crippen LogP contribution in [0, 0.1) is 6.92 Å². The molecule has 8 heteroatoms. The van der Waals surface area contributed by atoms with Crippen LogP contribution in [-0.2, 0) is 31.5 Å². The first kappa shape index (κ1) is 37.2. The van der Waals surface area contributed by atoms with Crippen molar-refractivity contribution in [1.29, 1.82) is 0 Å². The van der Waals surface area contributed by atoms with Crippen molar-refractivity contribution >= 4 is 0 Å². The molecular weight excluding hydrogens is 705 g/mol. The third-order valence-electron chi connectivity index (χ3n) is 10.7. The Morgan fingerprint density at radius 3 is 1.82 bits per heavy atom. The lowest BCUT2D eigenvalue weighted by Gasteiger charge is -2.36. The second-order valence-corrected chi connectivity index (χ2v) is 14.4. The van der Waals surface area contributed by atoms with E-state index in [-0.39, 0.29) is 12.2 Å². The molecule has 0 radical (unpaired) electrons. The summed E-state index contributed by atoms with van der Waals surface area (Å²) in [6.45, 7) is 4.38. The minimum Gasteiger partial charge on any atom is -0.392 e. The van der Waals surface area contributed by atoms with Crippen molar-refractivity contribution in [3.63, 3.8) is 0 Å². The van der Waals surface area contributed by atoms with E-state index in [9.17, 15) is 9.90 Å². The van der Waals surface area contributed by atoms with Gasteiger partial charge in [-0.05, 0) is 68.3 Å². The van der Waals surface area contributed by atoms with Gasteiger partial charge in [0.1, 0.15) is 11.4 Å². The van der Waals surface area contributed by atoms with E-state index in [0.29, 0.717) is 30.8 Å². The molecule has 0 aliphatic rings. The maximum atomic E-state index is 14.2. The molecule has 0 fully saturated rings. The Morgan fingerprint density at radius 2 is 1.23 bits per heavy atom. The molecule has 0 amide bonds. The summed E-state index contributed by atoms with van der Waals surface area (Å²) in [6.07, 6.45) is 2.03. The van der Waals surface area contributed by atoms with E-state index in [2.05, 4.69) is 121 Å². The predicted octanol–water partition coefficient (Wildman–Crippen LogP) is 8.80. The molecule has 0 saturated carbocycles. The van der Waals surface area contributed by atoms with Crippen LogP contribution in [0.25, 0.3) is 22.5 Å². The van der Waals surface area contributed by atoms with Crippen molar-refractivity contribution < 1.29 is 5.11 Å². The number of aliphatic hydroxyl groups excluding tert-OH is 1. The van der Waals surface area contributed by atoms with E-state index in [0.717, 1.165) is 68.0 Å². The van der Waals surface area contributed by atoms with Crippen LogP contribution in [0.2, 0.25) is 0 Å². The summed E-state index contributed by atoms with van der Waals surface area (Å²) >= 11 is 0. The second-order valence-electron chi connectivity index (χ2n) is 14.4. The van der Waals surface area contributed by atoms with Gasteiger partial charge in [-0.3, -0.25) is 9.36 Å². The number of tetrazole rings is 1. The minimum atomic E-state index is -0.883. The first-order valence-corrected chi connectivity index (χ1v) is 19.4. The van der Waals surface area contributed by atoms with Gasteiger partial charge in [0.25, 0.3) is 5.56 Å². The van der Waals surface area contributed by atoms with Crippen LogP contribution >= 0.6 is 0 Å². The fourth-order valence-corrected chi connectivity index (χ4v) is 7.97. The van der Waals surface area contributed by atoms with Crippen LogP contribution in [0.4, 0.5) is 0 Å². The van der Waals surface area contributed by atoms with E-state index in [1.807, 2.05) is 70.8 Å². The highest BCUT2D eigenvalue weighted by Gasteiger charge is 2.42. The van der Waals surface area contributed by atoms with E-state index >= 15 is 0 Å². The Hall–Kier alpha value is -6.77. The number of benzene rings is 6. The summed E-state index contributed by atoms with van der Waals surface area (Å²) in [5.74, 6) is 1.41. The van der Waals surface area contributed by atoms with Gasteiger partial charge in [0.2, 0.25) is 0 Å². The SMILES string of the molecule is CCCc1nc(C)c(Cc2cccc(CO)c2)c(=O)n1Cc1ccc(-c2ccccc2-c2nnnn2C(c2ccccc2)(c2ccccc2)c2ccccc2)cc1. The molecule has 8 aromatic rings. The van der Waals surface area contributed by atoms with Crippen molar-refractivity contribution in [3.05, 3.63) is 225 Å². The summed E-state index contributed by atoms with van der Waals surface area (Å²) in [5.41, 5.74) is 9.27. The lowest BCUT2D eigenvalue weighted by atomic mass is 9.77. The van der Waals surface area contributed by atoms with Crippen molar-refractivity contribution in [1.82, 2.24) is 29.8 Å². The first-order valence-electron chi connectivity index (χ1n) is 19.4. The third kappa shape index (κ3) is 7.23. The quantitative estimate of drug-likeness (QED) is 0.118. The predicted molar refractivity (Wildman–Crippen MR) is 225 cm³/mol. The number of aromatic nitrogens is 6. The monoisotopic (exact) mass is 748 g/mol. The van der Waals surface area contributed by atoms with Crippen LogP contribution in [0.15, 0.2) is 169 Å². The summed E-state index contributed by atoms with van der Waals surface area (Å²) < 4.78 is 3.79. The Balaban J connectivity index is 1.19. The first-order chi connectivity index (χ1) is 28.0. The standard InChI is InChI=1S/C49H44N6O2/c1-3-16-46-50-35(2)45(32-37-17-15-18-38(31-37)34-56)48(57)54(46)33-36-27-29-39(30-28-36)43-25-13-14-26-44(43)47-51-52-53-55(47)49(40-19-7-4-8-20-40,41-21-9-5-10-22-41)42-23-11-6-12-24-42/h4-15,17-31,56H,3,16,32-34H2,1-2H3. The molecule has 282 valence electrons. The fraction of sp³-hybridized carbons (Fsp3) is 0.163. The zero-order valence-corrected chi connectivity index (χ0v) is 32.2. The molecule has 2 aromatic heterocycles. The van der Waals surface area contributed by atoms with Crippen LogP contribution in [0.5, 0.6) is 0 Å².